The summed E-state index contributed by atoms with van der Waals surface area (Å²) in [4.78, 5) is 18.5. The molecule has 38 heavy (non-hydrogen) atoms. The van der Waals surface area contributed by atoms with Gasteiger partial charge in [0.1, 0.15) is 0 Å². The first kappa shape index (κ1) is 29.1. The van der Waals surface area contributed by atoms with Gasteiger partial charge in [-0.2, -0.15) is 0 Å². The van der Waals surface area contributed by atoms with Gasteiger partial charge in [0, 0.05) is 30.4 Å². The Hall–Kier alpha value is -3.51. The second kappa shape index (κ2) is 14.4. The Morgan fingerprint density at radius 1 is 0.789 bits per heavy atom. The molecule has 0 saturated carbocycles. The van der Waals surface area contributed by atoms with Crippen molar-refractivity contribution in [3.05, 3.63) is 72.3 Å². The minimum atomic E-state index is -0.111. The zero-order chi connectivity index (χ0) is 27.5. The van der Waals surface area contributed by atoms with Gasteiger partial charge in [-0.3, -0.25) is 4.79 Å². The molecular formula is C32H42N2O4. The van der Waals surface area contributed by atoms with Crippen molar-refractivity contribution in [3.63, 3.8) is 0 Å². The highest BCUT2D eigenvalue weighted by molar-refractivity contribution is 6.07. The number of methoxy groups -OCH3 is 3. The van der Waals surface area contributed by atoms with Crippen molar-refractivity contribution in [3.8, 4) is 28.4 Å². The van der Waals surface area contributed by atoms with E-state index in [1.54, 1.807) is 33.5 Å². The van der Waals surface area contributed by atoms with E-state index in [1.165, 1.54) is 0 Å². The Morgan fingerprint density at radius 3 is 2.03 bits per heavy atom. The molecular weight excluding hydrogens is 476 g/mol. The van der Waals surface area contributed by atoms with Gasteiger partial charge in [-0.25, -0.2) is 0 Å². The Labute approximate surface area is 228 Å². The van der Waals surface area contributed by atoms with Gasteiger partial charge in [0.25, 0.3) is 5.91 Å². The third-order valence-corrected chi connectivity index (χ3v) is 6.97. The van der Waals surface area contributed by atoms with Crippen LogP contribution in [-0.2, 0) is 0 Å². The number of anilines is 1. The summed E-state index contributed by atoms with van der Waals surface area (Å²) >= 11 is 0. The second-order valence-corrected chi connectivity index (χ2v) is 9.43. The molecule has 1 unspecified atom stereocenters. The lowest BCUT2D eigenvalue weighted by molar-refractivity contribution is 0.0984. The number of ether oxygens (including phenoxy) is 3. The van der Waals surface area contributed by atoms with Gasteiger partial charge in [-0.15, -0.1) is 0 Å². The average Bonchev–Trinajstić information content (AvgIpc) is 2.97. The number of nitrogens with zero attached hydrogens (tertiary/aromatic N) is 2. The summed E-state index contributed by atoms with van der Waals surface area (Å²) in [6.07, 6.45) is 3.07. The van der Waals surface area contributed by atoms with Crippen LogP contribution in [0.2, 0.25) is 0 Å². The van der Waals surface area contributed by atoms with E-state index in [0.29, 0.717) is 35.4 Å². The molecule has 0 radical (unpaired) electrons. The van der Waals surface area contributed by atoms with Gasteiger partial charge in [-0.1, -0.05) is 56.3 Å². The molecule has 0 fully saturated rings. The van der Waals surface area contributed by atoms with E-state index in [2.05, 4.69) is 49.9 Å². The molecule has 0 aliphatic rings. The van der Waals surface area contributed by atoms with Gasteiger partial charge >= 0.3 is 0 Å². The van der Waals surface area contributed by atoms with E-state index in [4.69, 9.17) is 14.2 Å². The molecule has 0 saturated heterocycles. The Balaban J connectivity index is 1.98. The fraction of sp³-hybridized carbons (Fsp3) is 0.406. The maximum atomic E-state index is 14.1. The van der Waals surface area contributed by atoms with Crippen molar-refractivity contribution >= 4 is 11.6 Å². The molecule has 0 aromatic heterocycles. The third kappa shape index (κ3) is 7.07. The molecule has 3 aromatic rings. The predicted octanol–water partition coefficient (Wildman–Crippen LogP) is 6.93. The van der Waals surface area contributed by atoms with Crippen molar-refractivity contribution < 1.29 is 19.0 Å². The van der Waals surface area contributed by atoms with Gasteiger partial charge in [0.05, 0.1) is 21.3 Å². The van der Waals surface area contributed by atoms with Crippen molar-refractivity contribution in [2.45, 2.75) is 46.1 Å². The van der Waals surface area contributed by atoms with Crippen molar-refractivity contribution in [2.75, 3.05) is 45.9 Å². The maximum Gasteiger partial charge on any atom is 0.258 e. The highest BCUT2D eigenvalue weighted by Crippen LogP contribution is 2.39. The van der Waals surface area contributed by atoms with Crippen LogP contribution in [0.25, 0.3) is 11.1 Å². The molecule has 6 heteroatoms. The largest absolute Gasteiger partial charge is 0.493 e. The van der Waals surface area contributed by atoms with Crippen molar-refractivity contribution in [1.29, 1.82) is 0 Å². The van der Waals surface area contributed by atoms with Crippen LogP contribution >= 0.6 is 0 Å². The lowest BCUT2D eigenvalue weighted by atomic mass is 10.0. The molecule has 6 nitrogen and oxygen atoms in total. The summed E-state index contributed by atoms with van der Waals surface area (Å²) in [5.41, 5.74) is 3.52. The molecule has 0 aliphatic heterocycles. The van der Waals surface area contributed by atoms with E-state index < -0.39 is 0 Å². The number of amides is 1. The molecule has 3 aromatic carbocycles. The summed E-state index contributed by atoms with van der Waals surface area (Å²) in [5, 5.41) is 0. The smallest absolute Gasteiger partial charge is 0.258 e. The zero-order valence-electron chi connectivity index (χ0n) is 23.7. The lowest BCUT2D eigenvalue weighted by Crippen LogP contribution is -2.38. The average molecular weight is 519 g/mol. The van der Waals surface area contributed by atoms with Gasteiger partial charge in [-0.05, 0) is 68.1 Å². The van der Waals surface area contributed by atoms with Crippen LogP contribution in [0.3, 0.4) is 0 Å². The lowest BCUT2D eigenvalue weighted by Gasteiger charge is -2.30. The van der Waals surface area contributed by atoms with Gasteiger partial charge < -0.3 is 24.0 Å². The monoisotopic (exact) mass is 518 g/mol. The van der Waals surface area contributed by atoms with Crippen LogP contribution < -0.4 is 19.1 Å². The standard InChI is InChI=1S/C32H42N2O4/c1-7-18-33(24(3)8-2)19-13-20-34(28-17-12-16-26(21-28)25-14-10-9-11-15-25)32(35)27-22-29(36-4)31(38-6)30(23-27)37-5/h9-12,14-17,21-24H,7-8,13,18-20H2,1-6H3. The van der Waals surface area contributed by atoms with E-state index in [1.807, 2.05) is 35.2 Å². The van der Waals surface area contributed by atoms with Crippen LogP contribution in [0.15, 0.2) is 66.7 Å². The minimum absolute atomic E-state index is 0.111. The van der Waals surface area contributed by atoms with Gasteiger partial charge in [0.2, 0.25) is 5.75 Å². The molecule has 0 aliphatic carbocycles. The molecule has 0 spiro atoms. The summed E-state index contributed by atoms with van der Waals surface area (Å²) in [6.45, 7) is 9.29. The van der Waals surface area contributed by atoms with E-state index in [9.17, 15) is 4.79 Å². The third-order valence-electron chi connectivity index (χ3n) is 6.97. The Bertz CT molecular complexity index is 1140. The van der Waals surface area contributed by atoms with E-state index >= 15 is 0 Å². The topological polar surface area (TPSA) is 51.2 Å². The fourth-order valence-electron chi connectivity index (χ4n) is 4.72. The molecule has 0 N–H and O–H groups in total. The summed E-state index contributed by atoms with van der Waals surface area (Å²) in [5.74, 6) is 1.27. The zero-order valence-corrected chi connectivity index (χ0v) is 23.7. The van der Waals surface area contributed by atoms with Crippen LogP contribution in [0.4, 0.5) is 5.69 Å². The van der Waals surface area contributed by atoms with Gasteiger partial charge in [0.15, 0.2) is 11.5 Å². The Morgan fingerprint density at radius 2 is 1.45 bits per heavy atom. The number of rotatable bonds is 14. The quantitative estimate of drug-likeness (QED) is 0.232. The van der Waals surface area contributed by atoms with E-state index in [-0.39, 0.29) is 5.91 Å². The van der Waals surface area contributed by atoms with Crippen LogP contribution in [0.1, 0.15) is 50.4 Å². The Kier molecular flexibility index (Phi) is 11.0. The second-order valence-electron chi connectivity index (χ2n) is 9.43. The molecule has 204 valence electrons. The highest BCUT2D eigenvalue weighted by atomic mass is 16.5. The van der Waals surface area contributed by atoms with Crippen LogP contribution in [0.5, 0.6) is 17.2 Å². The SMILES string of the molecule is CCCN(CCCN(C(=O)c1cc(OC)c(OC)c(OC)c1)c1cccc(-c2ccccc2)c1)C(C)CC. The summed E-state index contributed by atoms with van der Waals surface area (Å²) in [7, 11) is 4.68. The molecule has 1 amide bonds. The van der Waals surface area contributed by atoms with E-state index in [0.717, 1.165) is 49.2 Å². The molecule has 0 heterocycles. The number of hydrogen-bond acceptors (Lipinski definition) is 5. The predicted molar refractivity (Wildman–Crippen MR) is 156 cm³/mol. The number of carbonyl (C=O) groups excluding carboxylic acids is 1. The summed E-state index contributed by atoms with van der Waals surface area (Å²) < 4.78 is 16.5. The highest BCUT2D eigenvalue weighted by Gasteiger charge is 2.23. The van der Waals surface area contributed by atoms with Crippen LogP contribution in [0, 0.1) is 0 Å². The molecule has 0 bridgehead atoms. The molecule has 1 atom stereocenters. The fourth-order valence-corrected chi connectivity index (χ4v) is 4.72. The first-order chi connectivity index (χ1) is 18.5. The van der Waals surface area contributed by atoms with Crippen molar-refractivity contribution in [1.82, 2.24) is 4.90 Å². The van der Waals surface area contributed by atoms with Crippen molar-refractivity contribution in [2.24, 2.45) is 0 Å². The normalized spacial score (nSPS) is 11.8. The summed E-state index contributed by atoms with van der Waals surface area (Å²) in [6, 6.07) is 22.4. The number of hydrogen-bond donors (Lipinski definition) is 0. The molecule has 3 rings (SSSR count). The maximum absolute atomic E-state index is 14.1. The number of benzene rings is 3. The first-order valence-electron chi connectivity index (χ1n) is 13.5. The van der Waals surface area contributed by atoms with Crippen LogP contribution in [-0.4, -0.2) is 57.8 Å². The number of carbonyl (C=O) groups is 1. The first-order valence-corrected chi connectivity index (χ1v) is 13.5. The minimum Gasteiger partial charge on any atom is -0.493 e.